The molecule has 1 heterocycles. The Morgan fingerprint density at radius 2 is 1.93 bits per heavy atom. The Bertz CT molecular complexity index is 315. The minimum atomic E-state index is 0.0388. The highest BCUT2D eigenvalue weighted by Gasteiger charge is 2.11. The maximum Gasteiger partial charge on any atom is 0.261 e. The zero-order chi connectivity index (χ0) is 10.7. The van der Waals surface area contributed by atoms with E-state index in [1.807, 2.05) is 26.0 Å². The molecule has 78 valence electrons. The Morgan fingerprint density at radius 1 is 1.29 bits per heavy atom. The van der Waals surface area contributed by atoms with Crippen molar-refractivity contribution in [1.29, 1.82) is 0 Å². The summed E-state index contributed by atoms with van der Waals surface area (Å²) in [5.41, 5.74) is 0. The number of carbonyl (C=O) groups is 1. The summed E-state index contributed by atoms with van der Waals surface area (Å²) in [4.78, 5) is 13.7. The number of amides is 1. The molecule has 0 aliphatic rings. The SMILES string of the molecule is CC(C)NC(=O)c1ccc(C(C)C)s1. The summed E-state index contributed by atoms with van der Waals surface area (Å²) in [5.74, 6) is 0.539. The van der Waals surface area contributed by atoms with E-state index in [9.17, 15) is 4.79 Å². The molecule has 1 amide bonds. The van der Waals surface area contributed by atoms with Crippen LogP contribution >= 0.6 is 11.3 Å². The highest BCUT2D eigenvalue weighted by atomic mass is 32.1. The molecule has 0 bridgehead atoms. The van der Waals surface area contributed by atoms with E-state index in [-0.39, 0.29) is 11.9 Å². The zero-order valence-corrected chi connectivity index (χ0v) is 9.94. The van der Waals surface area contributed by atoms with Gasteiger partial charge in [0.25, 0.3) is 5.91 Å². The summed E-state index contributed by atoms with van der Waals surface area (Å²) in [5, 5.41) is 2.88. The Balaban J connectivity index is 2.71. The maximum atomic E-state index is 11.6. The van der Waals surface area contributed by atoms with E-state index in [1.165, 1.54) is 4.88 Å². The molecule has 0 radical (unpaired) electrons. The third kappa shape index (κ3) is 2.84. The molecule has 14 heavy (non-hydrogen) atoms. The second kappa shape index (κ2) is 4.60. The van der Waals surface area contributed by atoms with E-state index in [1.54, 1.807) is 11.3 Å². The van der Waals surface area contributed by atoms with Gasteiger partial charge in [-0.05, 0) is 31.9 Å². The molecule has 0 aliphatic heterocycles. The molecule has 1 aromatic rings. The lowest BCUT2D eigenvalue weighted by Gasteiger charge is -2.05. The van der Waals surface area contributed by atoms with Crippen LogP contribution in [0.25, 0.3) is 0 Å². The minimum Gasteiger partial charge on any atom is -0.349 e. The lowest BCUT2D eigenvalue weighted by atomic mass is 10.2. The van der Waals surface area contributed by atoms with Crippen LogP contribution in [0.15, 0.2) is 12.1 Å². The fourth-order valence-electron chi connectivity index (χ4n) is 1.12. The maximum absolute atomic E-state index is 11.6. The van der Waals surface area contributed by atoms with Gasteiger partial charge < -0.3 is 5.32 Å². The fraction of sp³-hybridized carbons (Fsp3) is 0.545. The molecule has 0 aromatic carbocycles. The van der Waals surface area contributed by atoms with E-state index in [0.29, 0.717) is 5.92 Å². The van der Waals surface area contributed by atoms with Crippen LogP contribution in [0, 0.1) is 0 Å². The van der Waals surface area contributed by atoms with Crippen molar-refractivity contribution in [2.24, 2.45) is 0 Å². The molecule has 2 nitrogen and oxygen atoms in total. The van der Waals surface area contributed by atoms with Gasteiger partial charge >= 0.3 is 0 Å². The molecule has 0 atom stereocenters. The van der Waals surface area contributed by atoms with Crippen LogP contribution in [0.5, 0.6) is 0 Å². The summed E-state index contributed by atoms with van der Waals surface area (Å²) >= 11 is 1.58. The Kier molecular flexibility index (Phi) is 3.69. The van der Waals surface area contributed by atoms with Crippen molar-refractivity contribution in [3.05, 3.63) is 21.9 Å². The van der Waals surface area contributed by atoms with Crippen molar-refractivity contribution in [3.8, 4) is 0 Å². The van der Waals surface area contributed by atoms with E-state index >= 15 is 0 Å². The first-order valence-corrected chi connectivity index (χ1v) is 5.73. The molecule has 0 fully saturated rings. The van der Waals surface area contributed by atoms with Crippen molar-refractivity contribution < 1.29 is 4.79 Å². The fourth-order valence-corrected chi connectivity index (χ4v) is 2.03. The van der Waals surface area contributed by atoms with Crippen LogP contribution in [0.3, 0.4) is 0 Å². The van der Waals surface area contributed by atoms with Gasteiger partial charge in [0.2, 0.25) is 0 Å². The standard InChI is InChI=1S/C11H17NOS/c1-7(2)9-5-6-10(14-9)11(13)12-8(3)4/h5-8H,1-4H3,(H,12,13). The lowest BCUT2D eigenvalue weighted by Crippen LogP contribution is -2.29. The first kappa shape index (κ1) is 11.2. The second-order valence-electron chi connectivity index (χ2n) is 3.98. The van der Waals surface area contributed by atoms with Gasteiger partial charge in [-0.3, -0.25) is 4.79 Å². The summed E-state index contributed by atoms with van der Waals surface area (Å²) in [7, 11) is 0. The molecule has 0 unspecified atom stereocenters. The van der Waals surface area contributed by atoms with Crippen molar-refractivity contribution in [2.75, 3.05) is 0 Å². The third-order valence-electron chi connectivity index (χ3n) is 1.84. The lowest BCUT2D eigenvalue weighted by molar-refractivity contribution is 0.0947. The zero-order valence-electron chi connectivity index (χ0n) is 9.13. The van der Waals surface area contributed by atoms with Crippen LogP contribution in [0.4, 0.5) is 0 Å². The summed E-state index contributed by atoms with van der Waals surface area (Å²) < 4.78 is 0. The van der Waals surface area contributed by atoms with E-state index in [2.05, 4.69) is 19.2 Å². The van der Waals surface area contributed by atoms with Crippen molar-refractivity contribution >= 4 is 17.2 Å². The monoisotopic (exact) mass is 211 g/mol. The predicted molar refractivity (Wildman–Crippen MR) is 61.0 cm³/mol. The van der Waals surface area contributed by atoms with Gasteiger partial charge in [0.1, 0.15) is 0 Å². The molecule has 0 saturated heterocycles. The van der Waals surface area contributed by atoms with Gasteiger partial charge in [0.15, 0.2) is 0 Å². The summed E-state index contributed by atoms with van der Waals surface area (Å²) in [6.45, 7) is 8.20. The molecule has 0 saturated carbocycles. The molecular weight excluding hydrogens is 194 g/mol. The number of nitrogens with one attached hydrogen (secondary N) is 1. The van der Waals surface area contributed by atoms with Gasteiger partial charge in [-0.25, -0.2) is 0 Å². The molecule has 1 rings (SSSR count). The van der Waals surface area contributed by atoms with E-state index < -0.39 is 0 Å². The molecule has 0 spiro atoms. The Hall–Kier alpha value is -0.830. The number of carbonyl (C=O) groups excluding carboxylic acids is 1. The first-order chi connectivity index (χ1) is 6.50. The van der Waals surface area contributed by atoms with Gasteiger partial charge in [-0.15, -0.1) is 11.3 Å². The van der Waals surface area contributed by atoms with Crippen LogP contribution in [0.2, 0.25) is 0 Å². The molecule has 1 N–H and O–H groups in total. The highest BCUT2D eigenvalue weighted by Crippen LogP contribution is 2.24. The largest absolute Gasteiger partial charge is 0.349 e. The predicted octanol–water partition coefficient (Wildman–Crippen LogP) is 3.01. The van der Waals surface area contributed by atoms with E-state index in [0.717, 1.165) is 4.88 Å². The topological polar surface area (TPSA) is 29.1 Å². The molecular formula is C11H17NOS. The first-order valence-electron chi connectivity index (χ1n) is 4.91. The Morgan fingerprint density at radius 3 is 2.36 bits per heavy atom. The normalized spacial score (nSPS) is 11.0. The van der Waals surface area contributed by atoms with Crippen LogP contribution in [0.1, 0.15) is 48.2 Å². The number of rotatable bonds is 3. The summed E-state index contributed by atoms with van der Waals surface area (Å²) in [6.07, 6.45) is 0. The van der Waals surface area contributed by atoms with Gasteiger partial charge in [0.05, 0.1) is 4.88 Å². The van der Waals surface area contributed by atoms with Crippen LogP contribution in [-0.2, 0) is 0 Å². The minimum absolute atomic E-state index is 0.0388. The number of hydrogen-bond acceptors (Lipinski definition) is 2. The third-order valence-corrected chi connectivity index (χ3v) is 3.22. The highest BCUT2D eigenvalue weighted by molar-refractivity contribution is 7.14. The quantitative estimate of drug-likeness (QED) is 0.818. The second-order valence-corrected chi connectivity index (χ2v) is 5.10. The molecule has 0 aliphatic carbocycles. The average Bonchev–Trinajstić information content (AvgIpc) is 2.50. The van der Waals surface area contributed by atoms with Gasteiger partial charge in [-0.2, -0.15) is 0 Å². The van der Waals surface area contributed by atoms with Gasteiger partial charge in [0, 0.05) is 10.9 Å². The van der Waals surface area contributed by atoms with Crippen molar-refractivity contribution in [1.82, 2.24) is 5.32 Å². The Labute approximate surface area is 89.3 Å². The van der Waals surface area contributed by atoms with Crippen LogP contribution < -0.4 is 5.32 Å². The molecule has 3 heteroatoms. The molecule has 1 aromatic heterocycles. The van der Waals surface area contributed by atoms with Crippen molar-refractivity contribution in [3.63, 3.8) is 0 Å². The number of hydrogen-bond donors (Lipinski definition) is 1. The average molecular weight is 211 g/mol. The van der Waals surface area contributed by atoms with Crippen molar-refractivity contribution in [2.45, 2.75) is 39.7 Å². The van der Waals surface area contributed by atoms with E-state index in [4.69, 9.17) is 0 Å². The number of thiophene rings is 1. The van der Waals surface area contributed by atoms with Crippen LogP contribution in [-0.4, -0.2) is 11.9 Å². The summed E-state index contributed by atoms with van der Waals surface area (Å²) in [6, 6.07) is 4.13. The smallest absolute Gasteiger partial charge is 0.261 e. The van der Waals surface area contributed by atoms with Gasteiger partial charge in [-0.1, -0.05) is 13.8 Å².